The summed E-state index contributed by atoms with van der Waals surface area (Å²) in [6, 6.07) is 7.58. The number of rotatable bonds is 2. The summed E-state index contributed by atoms with van der Waals surface area (Å²) in [6.07, 6.45) is -0.117. The Labute approximate surface area is 159 Å². The van der Waals surface area contributed by atoms with Gasteiger partial charge in [0.05, 0.1) is 11.3 Å². The van der Waals surface area contributed by atoms with E-state index < -0.39 is 11.7 Å². The molecule has 4 nitrogen and oxygen atoms in total. The van der Waals surface area contributed by atoms with Crippen LogP contribution in [-0.4, -0.2) is 15.0 Å². The highest BCUT2D eigenvalue weighted by molar-refractivity contribution is 5.70. The Bertz CT molecular complexity index is 1070. The second-order valence-electron chi connectivity index (χ2n) is 7.43. The summed E-state index contributed by atoms with van der Waals surface area (Å²) in [5.74, 6) is -0.124. The zero-order chi connectivity index (χ0) is 19.9. The third-order valence-electron chi connectivity index (χ3n) is 5.58. The van der Waals surface area contributed by atoms with Crippen molar-refractivity contribution in [3.8, 4) is 0 Å². The third kappa shape index (κ3) is 3.53. The first-order chi connectivity index (χ1) is 13.3. The van der Waals surface area contributed by atoms with Gasteiger partial charge in [-0.25, -0.2) is 4.98 Å². The second-order valence-corrected chi connectivity index (χ2v) is 7.43. The topological polar surface area (TPSA) is 58.6 Å². The fourth-order valence-electron chi connectivity index (χ4n) is 4.21. The van der Waals surface area contributed by atoms with E-state index in [1.165, 1.54) is 6.07 Å². The van der Waals surface area contributed by atoms with Crippen molar-refractivity contribution < 1.29 is 13.2 Å². The molecule has 2 aromatic heterocycles. The average Bonchev–Trinajstić information content (AvgIpc) is 2.67. The number of nitrogens with zero attached hydrogens (tertiary/aromatic N) is 2. The lowest BCUT2D eigenvalue weighted by Crippen LogP contribution is -2.22. The van der Waals surface area contributed by atoms with Gasteiger partial charge in [-0.2, -0.15) is 13.2 Å². The minimum absolute atomic E-state index is 0.0190. The van der Waals surface area contributed by atoms with Gasteiger partial charge in [0.2, 0.25) is 0 Å². The Balaban J connectivity index is 1.57. The Morgan fingerprint density at radius 3 is 2.36 bits per heavy atom. The van der Waals surface area contributed by atoms with Crippen LogP contribution in [0.3, 0.4) is 0 Å². The molecule has 1 aromatic carbocycles. The maximum Gasteiger partial charge on any atom is 0.416 e. The van der Waals surface area contributed by atoms with E-state index in [1.54, 1.807) is 31.3 Å². The molecule has 28 heavy (non-hydrogen) atoms. The highest BCUT2D eigenvalue weighted by Crippen LogP contribution is 2.43. The predicted octanol–water partition coefficient (Wildman–Crippen LogP) is 5.09. The quantitative estimate of drug-likeness (QED) is 0.667. The number of fused-ring (bicyclic) bond motifs is 1. The molecule has 0 aliphatic heterocycles. The zero-order valence-corrected chi connectivity index (χ0v) is 15.4. The molecule has 1 aliphatic rings. The van der Waals surface area contributed by atoms with Crippen molar-refractivity contribution in [1.29, 1.82) is 0 Å². The lowest BCUT2D eigenvalue weighted by atomic mass is 9.75. The van der Waals surface area contributed by atoms with Crippen LogP contribution in [0, 0.1) is 6.92 Å². The smallest absolute Gasteiger partial charge is 0.305 e. The molecule has 0 amide bonds. The Hall–Kier alpha value is -2.70. The SMILES string of the molecule is Cc1cnc2cc(C3CCC(c4ccccc4C(F)(F)F)CC3)c(=O)[nH]c2n1. The fraction of sp³-hybridized carbons (Fsp3) is 0.381. The highest BCUT2D eigenvalue weighted by Gasteiger charge is 2.36. The summed E-state index contributed by atoms with van der Waals surface area (Å²) in [5, 5.41) is 0. The van der Waals surface area contributed by atoms with Gasteiger partial charge in [-0.1, -0.05) is 18.2 Å². The van der Waals surface area contributed by atoms with Crippen LogP contribution in [-0.2, 0) is 6.18 Å². The van der Waals surface area contributed by atoms with Crippen molar-refractivity contribution in [2.75, 3.05) is 0 Å². The van der Waals surface area contributed by atoms with E-state index in [4.69, 9.17) is 0 Å². The molecule has 0 atom stereocenters. The van der Waals surface area contributed by atoms with Gasteiger partial charge in [0.25, 0.3) is 5.56 Å². The van der Waals surface area contributed by atoms with Crippen LogP contribution < -0.4 is 5.56 Å². The molecule has 7 heteroatoms. The molecule has 2 heterocycles. The Kier molecular flexibility index (Phi) is 4.69. The maximum atomic E-state index is 13.3. The Morgan fingerprint density at radius 1 is 1.04 bits per heavy atom. The van der Waals surface area contributed by atoms with E-state index in [0.29, 0.717) is 48.0 Å². The minimum Gasteiger partial charge on any atom is -0.305 e. The lowest BCUT2D eigenvalue weighted by molar-refractivity contribution is -0.138. The van der Waals surface area contributed by atoms with Gasteiger partial charge in [-0.15, -0.1) is 0 Å². The first kappa shape index (κ1) is 18.7. The van der Waals surface area contributed by atoms with E-state index in [9.17, 15) is 18.0 Å². The molecule has 1 N–H and O–H groups in total. The maximum absolute atomic E-state index is 13.3. The number of hydrogen-bond acceptors (Lipinski definition) is 3. The normalized spacial score (nSPS) is 20.4. The summed E-state index contributed by atoms with van der Waals surface area (Å²) in [4.78, 5) is 23.9. The van der Waals surface area contributed by atoms with Gasteiger partial charge in [-0.3, -0.25) is 9.78 Å². The molecule has 0 unspecified atom stereocenters. The van der Waals surface area contributed by atoms with Gasteiger partial charge >= 0.3 is 6.18 Å². The number of aromatic amines is 1. The molecular weight excluding hydrogens is 367 g/mol. The van der Waals surface area contributed by atoms with E-state index in [2.05, 4.69) is 15.0 Å². The molecule has 1 aliphatic carbocycles. The highest BCUT2D eigenvalue weighted by atomic mass is 19.4. The van der Waals surface area contributed by atoms with Gasteiger partial charge in [0.1, 0.15) is 5.52 Å². The first-order valence-corrected chi connectivity index (χ1v) is 9.35. The minimum atomic E-state index is -4.35. The summed E-state index contributed by atoms with van der Waals surface area (Å²) in [5.41, 5.74) is 2.08. The molecule has 4 rings (SSSR count). The van der Waals surface area contributed by atoms with Crippen LogP contribution in [0.1, 0.15) is 59.9 Å². The van der Waals surface area contributed by atoms with Crippen molar-refractivity contribution in [2.45, 2.75) is 50.6 Å². The van der Waals surface area contributed by atoms with Gasteiger partial charge in [0.15, 0.2) is 5.65 Å². The zero-order valence-electron chi connectivity index (χ0n) is 15.4. The number of halogens is 3. The van der Waals surface area contributed by atoms with Crippen molar-refractivity contribution in [2.24, 2.45) is 0 Å². The molecule has 1 fully saturated rings. The summed E-state index contributed by atoms with van der Waals surface area (Å²) >= 11 is 0. The van der Waals surface area contributed by atoms with E-state index in [1.807, 2.05) is 0 Å². The lowest BCUT2D eigenvalue weighted by Gasteiger charge is -2.30. The standard InChI is InChI=1S/C21H20F3N3O/c1-12-11-25-18-10-16(20(28)27-19(18)26-12)14-8-6-13(7-9-14)15-4-2-3-5-17(15)21(22,23)24/h2-5,10-11,13-14H,6-9H2,1H3,(H,26,27,28). The number of aryl methyl sites for hydroxylation is 1. The molecule has 0 radical (unpaired) electrons. The molecule has 1 saturated carbocycles. The van der Waals surface area contributed by atoms with Gasteiger partial charge < -0.3 is 4.98 Å². The van der Waals surface area contributed by atoms with Crippen molar-refractivity contribution in [1.82, 2.24) is 15.0 Å². The predicted molar refractivity (Wildman–Crippen MR) is 100 cm³/mol. The first-order valence-electron chi connectivity index (χ1n) is 9.35. The third-order valence-corrected chi connectivity index (χ3v) is 5.58. The van der Waals surface area contributed by atoms with Gasteiger partial charge in [0, 0.05) is 11.8 Å². The van der Waals surface area contributed by atoms with Crippen LogP contribution in [0.15, 0.2) is 41.3 Å². The number of aromatic nitrogens is 3. The summed E-state index contributed by atoms with van der Waals surface area (Å²) in [7, 11) is 0. The number of hydrogen-bond donors (Lipinski definition) is 1. The number of benzene rings is 1. The summed E-state index contributed by atoms with van der Waals surface area (Å²) in [6.45, 7) is 1.80. The molecule has 3 aromatic rings. The van der Waals surface area contributed by atoms with E-state index >= 15 is 0 Å². The number of H-pyrrole nitrogens is 1. The van der Waals surface area contributed by atoms with Crippen molar-refractivity contribution in [3.05, 3.63) is 69.3 Å². The average molecular weight is 387 g/mol. The molecule has 0 saturated heterocycles. The largest absolute Gasteiger partial charge is 0.416 e. The van der Waals surface area contributed by atoms with E-state index in [-0.39, 0.29) is 17.4 Å². The second kappa shape index (κ2) is 7.04. The van der Waals surface area contributed by atoms with Crippen LogP contribution in [0.25, 0.3) is 11.2 Å². The summed E-state index contributed by atoms with van der Waals surface area (Å²) < 4.78 is 39.9. The molecular formula is C21H20F3N3O. The number of nitrogens with one attached hydrogen (secondary N) is 1. The van der Waals surface area contributed by atoms with Crippen LogP contribution in [0.2, 0.25) is 0 Å². The molecule has 0 spiro atoms. The number of pyridine rings is 1. The Morgan fingerprint density at radius 2 is 1.68 bits per heavy atom. The van der Waals surface area contributed by atoms with Crippen molar-refractivity contribution >= 4 is 11.2 Å². The molecule has 146 valence electrons. The molecule has 0 bridgehead atoms. The number of alkyl halides is 3. The van der Waals surface area contributed by atoms with E-state index in [0.717, 1.165) is 11.8 Å². The van der Waals surface area contributed by atoms with Crippen LogP contribution in [0.4, 0.5) is 13.2 Å². The fourth-order valence-corrected chi connectivity index (χ4v) is 4.21. The monoisotopic (exact) mass is 387 g/mol. The van der Waals surface area contributed by atoms with Crippen LogP contribution >= 0.6 is 0 Å². The van der Waals surface area contributed by atoms with Crippen LogP contribution in [0.5, 0.6) is 0 Å². The van der Waals surface area contributed by atoms with Gasteiger partial charge in [-0.05, 0) is 62.1 Å². The van der Waals surface area contributed by atoms with Crippen molar-refractivity contribution in [3.63, 3.8) is 0 Å².